The third kappa shape index (κ3) is 4.34. The van der Waals surface area contributed by atoms with Crippen molar-refractivity contribution in [3.8, 4) is 0 Å². The number of carbonyl (C=O) groups is 1. The lowest BCUT2D eigenvalue weighted by Crippen LogP contribution is -2.38. The SMILES string of the molecule is CCNC(=O)C1C[C@@H](n2cnc3c(N[C@@H](CC)Cc4sccc4Cl)ccnc32)[C@H](O)[C@@H]1O. The molecule has 4 rings (SSSR count). The van der Waals surface area contributed by atoms with E-state index in [1.807, 2.05) is 24.4 Å². The first-order chi connectivity index (χ1) is 15.4. The third-order valence-corrected chi connectivity index (χ3v) is 7.54. The van der Waals surface area contributed by atoms with Gasteiger partial charge in [-0.25, -0.2) is 9.97 Å². The summed E-state index contributed by atoms with van der Waals surface area (Å²) in [4.78, 5) is 22.5. The number of rotatable bonds is 8. The number of nitrogens with one attached hydrogen (secondary N) is 2. The fourth-order valence-corrected chi connectivity index (χ4v) is 5.55. The number of halogens is 1. The second-order valence-electron chi connectivity index (χ2n) is 8.11. The topological polar surface area (TPSA) is 112 Å². The molecule has 1 fully saturated rings. The van der Waals surface area contributed by atoms with Crippen LogP contribution in [0.5, 0.6) is 0 Å². The standard InChI is InChI=1S/C22H28ClN5O3S/c1-3-12(9-17-14(23)6-8-32-17)27-15-5-7-25-21-18(15)26-11-28(21)16-10-13(19(29)20(16)30)22(31)24-4-2/h5-8,11-13,16,19-20,29-30H,3-4,9-10H2,1-2H3,(H,24,31)(H,25,27)/t12-,13?,16+,19+,20-/m0/s1. The molecule has 0 aliphatic heterocycles. The summed E-state index contributed by atoms with van der Waals surface area (Å²) in [6.07, 6.45) is 3.13. The van der Waals surface area contributed by atoms with E-state index in [4.69, 9.17) is 11.6 Å². The lowest BCUT2D eigenvalue weighted by Gasteiger charge is -2.19. The zero-order chi connectivity index (χ0) is 22.8. The molecule has 1 aliphatic rings. The van der Waals surface area contributed by atoms with Crippen molar-refractivity contribution in [2.24, 2.45) is 5.92 Å². The quantitative estimate of drug-likeness (QED) is 0.397. The number of pyridine rings is 1. The normalized spacial score (nSPS) is 24.0. The Balaban J connectivity index is 1.58. The first-order valence-corrected chi connectivity index (χ1v) is 12.1. The second kappa shape index (κ2) is 9.74. The van der Waals surface area contributed by atoms with Gasteiger partial charge in [0.25, 0.3) is 0 Å². The minimum Gasteiger partial charge on any atom is -0.390 e. The monoisotopic (exact) mass is 477 g/mol. The van der Waals surface area contributed by atoms with Gasteiger partial charge >= 0.3 is 0 Å². The van der Waals surface area contributed by atoms with Gasteiger partial charge in [-0.3, -0.25) is 4.79 Å². The number of aromatic nitrogens is 3. The van der Waals surface area contributed by atoms with Gasteiger partial charge in [0.05, 0.1) is 35.1 Å². The number of nitrogens with zero attached hydrogens (tertiary/aromatic N) is 3. The summed E-state index contributed by atoms with van der Waals surface area (Å²) >= 11 is 7.92. The molecule has 0 saturated heterocycles. The number of aliphatic hydroxyl groups is 2. The van der Waals surface area contributed by atoms with E-state index in [2.05, 4.69) is 27.5 Å². The minimum atomic E-state index is -1.13. The lowest BCUT2D eigenvalue weighted by molar-refractivity contribution is -0.128. The fraction of sp³-hybridized carbons (Fsp3) is 0.500. The predicted molar refractivity (Wildman–Crippen MR) is 126 cm³/mol. The summed E-state index contributed by atoms with van der Waals surface area (Å²) < 4.78 is 1.77. The largest absolute Gasteiger partial charge is 0.390 e. The summed E-state index contributed by atoms with van der Waals surface area (Å²) in [6.45, 7) is 4.42. The molecule has 4 N–H and O–H groups in total. The van der Waals surface area contributed by atoms with Crippen LogP contribution in [-0.2, 0) is 11.2 Å². The molecule has 0 radical (unpaired) electrons. The highest BCUT2D eigenvalue weighted by molar-refractivity contribution is 7.10. The molecule has 0 spiro atoms. The molecule has 8 nitrogen and oxygen atoms in total. The van der Waals surface area contributed by atoms with E-state index in [1.165, 1.54) is 0 Å². The molecule has 5 atom stereocenters. The summed E-state index contributed by atoms with van der Waals surface area (Å²) in [5.41, 5.74) is 2.14. The van der Waals surface area contributed by atoms with Crippen LogP contribution in [0.4, 0.5) is 5.69 Å². The Morgan fingerprint density at radius 3 is 2.81 bits per heavy atom. The lowest BCUT2D eigenvalue weighted by atomic mass is 10.0. The van der Waals surface area contributed by atoms with E-state index in [0.29, 0.717) is 24.1 Å². The van der Waals surface area contributed by atoms with E-state index >= 15 is 0 Å². The van der Waals surface area contributed by atoms with Gasteiger partial charge in [0.2, 0.25) is 5.91 Å². The number of anilines is 1. The van der Waals surface area contributed by atoms with Crippen molar-refractivity contribution in [2.45, 2.75) is 57.4 Å². The summed E-state index contributed by atoms with van der Waals surface area (Å²) in [5, 5.41) is 30.2. The number of hydrogen-bond donors (Lipinski definition) is 4. The van der Waals surface area contributed by atoms with Crippen LogP contribution in [-0.4, -0.2) is 55.4 Å². The molecule has 0 aromatic carbocycles. The number of amides is 1. The highest BCUT2D eigenvalue weighted by Gasteiger charge is 2.46. The third-order valence-electron chi connectivity index (χ3n) is 6.13. The van der Waals surface area contributed by atoms with Crippen molar-refractivity contribution >= 4 is 45.7 Å². The average molecular weight is 478 g/mol. The van der Waals surface area contributed by atoms with Crippen molar-refractivity contribution in [3.63, 3.8) is 0 Å². The number of carbonyl (C=O) groups excluding carboxylic acids is 1. The van der Waals surface area contributed by atoms with Gasteiger partial charge in [0.15, 0.2) is 5.65 Å². The van der Waals surface area contributed by atoms with E-state index in [0.717, 1.165) is 28.4 Å². The molecular weight excluding hydrogens is 450 g/mol. The Labute approximate surface area is 195 Å². The van der Waals surface area contributed by atoms with Gasteiger partial charge < -0.3 is 25.4 Å². The van der Waals surface area contributed by atoms with Gasteiger partial charge in [-0.15, -0.1) is 11.3 Å². The van der Waals surface area contributed by atoms with Crippen LogP contribution in [0, 0.1) is 5.92 Å². The Bertz CT molecular complexity index is 1090. The number of thiophene rings is 1. The van der Waals surface area contributed by atoms with E-state index < -0.39 is 24.2 Å². The first-order valence-electron chi connectivity index (χ1n) is 10.9. The Morgan fingerprint density at radius 1 is 1.31 bits per heavy atom. The van der Waals surface area contributed by atoms with Crippen LogP contribution < -0.4 is 10.6 Å². The molecule has 3 aromatic rings. The number of imidazole rings is 1. The number of fused-ring (bicyclic) bond motifs is 1. The van der Waals surface area contributed by atoms with Gasteiger partial charge in [0, 0.05) is 30.1 Å². The van der Waals surface area contributed by atoms with E-state index in [1.54, 1.807) is 28.4 Å². The highest BCUT2D eigenvalue weighted by atomic mass is 35.5. The van der Waals surface area contributed by atoms with Crippen molar-refractivity contribution < 1.29 is 15.0 Å². The molecule has 0 bridgehead atoms. The maximum Gasteiger partial charge on any atom is 0.225 e. The number of aliphatic hydroxyl groups excluding tert-OH is 2. The van der Waals surface area contributed by atoms with Gasteiger partial charge in [0.1, 0.15) is 11.6 Å². The van der Waals surface area contributed by atoms with Gasteiger partial charge in [-0.1, -0.05) is 18.5 Å². The molecular formula is C22H28ClN5O3S. The van der Waals surface area contributed by atoms with Crippen molar-refractivity contribution in [2.75, 3.05) is 11.9 Å². The molecule has 10 heteroatoms. The maximum absolute atomic E-state index is 12.3. The molecule has 3 aromatic heterocycles. The molecule has 1 unspecified atom stereocenters. The number of hydrogen-bond acceptors (Lipinski definition) is 7. The van der Waals surface area contributed by atoms with Crippen LogP contribution in [0.1, 0.15) is 37.6 Å². The Kier molecular flexibility index (Phi) is 6.99. The van der Waals surface area contributed by atoms with Crippen LogP contribution in [0.15, 0.2) is 30.0 Å². The Morgan fingerprint density at radius 2 is 2.12 bits per heavy atom. The van der Waals surface area contributed by atoms with Gasteiger partial charge in [-0.05, 0) is 37.3 Å². The second-order valence-corrected chi connectivity index (χ2v) is 9.52. The zero-order valence-electron chi connectivity index (χ0n) is 18.0. The smallest absolute Gasteiger partial charge is 0.225 e. The summed E-state index contributed by atoms with van der Waals surface area (Å²) in [6, 6.07) is 3.48. The fourth-order valence-electron chi connectivity index (χ4n) is 4.36. The van der Waals surface area contributed by atoms with E-state index in [-0.39, 0.29) is 11.9 Å². The Hall–Kier alpha value is -2.20. The van der Waals surface area contributed by atoms with E-state index in [9.17, 15) is 15.0 Å². The minimum absolute atomic E-state index is 0.169. The van der Waals surface area contributed by atoms with Crippen LogP contribution >= 0.6 is 22.9 Å². The zero-order valence-corrected chi connectivity index (χ0v) is 19.6. The van der Waals surface area contributed by atoms with Crippen molar-refractivity contribution in [3.05, 3.63) is 39.9 Å². The molecule has 32 heavy (non-hydrogen) atoms. The molecule has 3 heterocycles. The molecule has 1 saturated carbocycles. The van der Waals surface area contributed by atoms with Crippen molar-refractivity contribution in [1.82, 2.24) is 19.9 Å². The van der Waals surface area contributed by atoms with Crippen LogP contribution in [0.2, 0.25) is 5.02 Å². The predicted octanol–water partition coefficient (Wildman–Crippen LogP) is 3.00. The summed E-state index contributed by atoms with van der Waals surface area (Å²) in [7, 11) is 0. The highest BCUT2D eigenvalue weighted by Crippen LogP contribution is 2.37. The van der Waals surface area contributed by atoms with Crippen molar-refractivity contribution in [1.29, 1.82) is 0 Å². The van der Waals surface area contributed by atoms with Crippen LogP contribution in [0.3, 0.4) is 0 Å². The van der Waals surface area contributed by atoms with Crippen LogP contribution in [0.25, 0.3) is 11.2 Å². The van der Waals surface area contributed by atoms with Gasteiger partial charge in [-0.2, -0.15) is 0 Å². The molecule has 1 aliphatic carbocycles. The molecule has 172 valence electrons. The maximum atomic E-state index is 12.3. The molecule has 1 amide bonds. The first kappa shape index (κ1) is 23.0. The average Bonchev–Trinajstić information content (AvgIpc) is 3.47. The summed E-state index contributed by atoms with van der Waals surface area (Å²) in [5.74, 6) is -0.923.